The Morgan fingerprint density at radius 1 is 1.18 bits per heavy atom. The zero-order valence-corrected chi connectivity index (χ0v) is 19.7. The number of hydrogen-bond acceptors (Lipinski definition) is 7. The van der Waals surface area contributed by atoms with E-state index in [0.717, 1.165) is 23.2 Å². The maximum atomic E-state index is 12.9. The first-order valence-corrected chi connectivity index (χ1v) is 12.8. The SMILES string of the molecule is CS(=O)(=O)Nc1cccc(NC(=O)c2cnc(N3CCN(Cc4ccccc4C#N)C3=O)s2)c1. The van der Waals surface area contributed by atoms with Crippen molar-refractivity contribution in [3.8, 4) is 6.07 Å². The lowest BCUT2D eigenvalue weighted by molar-refractivity contribution is 0.103. The van der Waals surface area contributed by atoms with Crippen molar-refractivity contribution in [3.63, 3.8) is 0 Å². The van der Waals surface area contributed by atoms with E-state index in [4.69, 9.17) is 0 Å². The monoisotopic (exact) mass is 496 g/mol. The number of rotatable bonds is 7. The number of carbonyl (C=O) groups is 2. The maximum absolute atomic E-state index is 12.9. The number of nitriles is 1. The van der Waals surface area contributed by atoms with Gasteiger partial charge in [-0.15, -0.1) is 0 Å². The molecule has 2 aromatic carbocycles. The van der Waals surface area contributed by atoms with Gasteiger partial charge in [0.05, 0.1) is 29.8 Å². The summed E-state index contributed by atoms with van der Waals surface area (Å²) < 4.78 is 25.2. The summed E-state index contributed by atoms with van der Waals surface area (Å²) in [6.07, 6.45) is 2.44. The zero-order valence-electron chi connectivity index (χ0n) is 18.1. The van der Waals surface area contributed by atoms with Crippen molar-refractivity contribution in [1.29, 1.82) is 5.26 Å². The molecule has 10 nitrogen and oxygen atoms in total. The van der Waals surface area contributed by atoms with E-state index in [9.17, 15) is 23.3 Å². The van der Waals surface area contributed by atoms with Gasteiger partial charge in [-0.3, -0.25) is 14.4 Å². The molecule has 3 aromatic rings. The molecule has 2 heterocycles. The number of urea groups is 1. The Labute approximate surface area is 200 Å². The molecule has 1 aliphatic heterocycles. The third-order valence-electron chi connectivity index (χ3n) is 4.97. The number of hydrogen-bond donors (Lipinski definition) is 2. The van der Waals surface area contributed by atoms with Crippen molar-refractivity contribution in [2.75, 3.05) is 34.3 Å². The second-order valence-electron chi connectivity index (χ2n) is 7.54. The number of nitrogens with zero attached hydrogens (tertiary/aromatic N) is 4. The van der Waals surface area contributed by atoms with Gasteiger partial charge in [0, 0.05) is 25.3 Å². The highest BCUT2D eigenvalue weighted by atomic mass is 32.2. The largest absolute Gasteiger partial charge is 0.326 e. The van der Waals surface area contributed by atoms with Crippen LogP contribution in [0.15, 0.2) is 54.7 Å². The van der Waals surface area contributed by atoms with Crippen LogP contribution < -0.4 is 14.9 Å². The summed E-state index contributed by atoms with van der Waals surface area (Å²) in [6.45, 7) is 1.21. The van der Waals surface area contributed by atoms with Crippen molar-refractivity contribution in [1.82, 2.24) is 9.88 Å². The van der Waals surface area contributed by atoms with Crippen molar-refractivity contribution in [2.24, 2.45) is 0 Å². The van der Waals surface area contributed by atoms with Crippen LogP contribution in [0.3, 0.4) is 0 Å². The third-order valence-corrected chi connectivity index (χ3v) is 6.59. The average molecular weight is 497 g/mol. The Hall–Kier alpha value is -3.95. The summed E-state index contributed by atoms with van der Waals surface area (Å²) in [7, 11) is -3.44. The molecule has 0 atom stereocenters. The number of benzene rings is 2. The van der Waals surface area contributed by atoms with Gasteiger partial charge in [-0.25, -0.2) is 18.2 Å². The van der Waals surface area contributed by atoms with E-state index in [1.165, 1.54) is 17.2 Å². The summed E-state index contributed by atoms with van der Waals surface area (Å²) in [5.74, 6) is -0.424. The van der Waals surface area contributed by atoms with Crippen molar-refractivity contribution in [3.05, 3.63) is 70.7 Å². The van der Waals surface area contributed by atoms with E-state index < -0.39 is 15.9 Å². The molecule has 3 amide bonds. The molecule has 12 heteroatoms. The number of carbonyl (C=O) groups excluding carboxylic acids is 2. The Morgan fingerprint density at radius 3 is 2.71 bits per heavy atom. The Balaban J connectivity index is 1.42. The van der Waals surface area contributed by atoms with Gasteiger partial charge in [0.2, 0.25) is 10.0 Å². The van der Waals surface area contributed by atoms with Crippen LogP contribution in [0.25, 0.3) is 0 Å². The number of sulfonamides is 1. The van der Waals surface area contributed by atoms with Gasteiger partial charge in [0.15, 0.2) is 5.13 Å². The number of thiazole rings is 1. The molecule has 0 spiro atoms. The molecule has 1 saturated heterocycles. The smallest absolute Gasteiger partial charge is 0.321 e. The normalized spacial score (nSPS) is 13.6. The van der Waals surface area contributed by atoms with Gasteiger partial charge in [-0.2, -0.15) is 5.26 Å². The molecule has 1 fully saturated rings. The van der Waals surface area contributed by atoms with Crippen LogP contribution in [0.5, 0.6) is 0 Å². The molecule has 0 bridgehead atoms. The highest BCUT2D eigenvalue weighted by Crippen LogP contribution is 2.28. The molecule has 1 aliphatic rings. The molecular weight excluding hydrogens is 476 g/mol. The van der Waals surface area contributed by atoms with Crippen LogP contribution >= 0.6 is 11.3 Å². The number of aromatic nitrogens is 1. The molecule has 0 radical (unpaired) electrons. The quantitative estimate of drug-likeness (QED) is 0.516. The summed E-state index contributed by atoms with van der Waals surface area (Å²) in [6, 6.07) is 15.4. The van der Waals surface area contributed by atoms with Crippen LogP contribution in [-0.2, 0) is 16.6 Å². The first-order chi connectivity index (χ1) is 16.2. The van der Waals surface area contributed by atoms with E-state index in [-0.39, 0.29) is 6.03 Å². The van der Waals surface area contributed by atoms with E-state index >= 15 is 0 Å². The summed E-state index contributed by atoms with van der Waals surface area (Å²) in [4.78, 5) is 33.3. The van der Waals surface area contributed by atoms with Gasteiger partial charge >= 0.3 is 6.03 Å². The van der Waals surface area contributed by atoms with Gasteiger partial charge in [0.25, 0.3) is 5.91 Å². The minimum Gasteiger partial charge on any atom is -0.321 e. The fourth-order valence-corrected chi connectivity index (χ4v) is 4.83. The maximum Gasteiger partial charge on any atom is 0.326 e. The topological polar surface area (TPSA) is 136 Å². The molecule has 1 aromatic heterocycles. The summed E-state index contributed by atoms with van der Waals surface area (Å²) >= 11 is 1.08. The van der Waals surface area contributed by atoms with Crippen LogP contribution in [0.1, 0.15) is 20.8 Å². The molecular formula is C22H20N6O4S2. The fraction of sp³-hybridized carbons (Fsp3) is 0.182. The minimum absolute atomic E-state index is 0.242. The lowest BCUT2D eigenvalue weighted by Gasteiger charge is -2.17. The van der Waals surface area contributed by atoms with Crippen molar-refractivity contribution in [2.45, 2.75) is 6.54 Å². The Bertz CT molecular complexity index is 1400. The Kier molecular flexibility index (Phi) is 6.49. The van der Waals surface area contributed by atoms with Crippen LogP contribution in [-0.4, -0.2) is 49.6 Å². The highest BCUT2D eigenvalue weighted by molar-refractivity contribution is 7.92. The van der Waals surface area contributed by atoms with E-state index in [1.54, 1.807) is 35.2 Å². The van der Waals surface area contributed by atoms with Gasteiger partial charge in [0.1, 0.15) is 4.88 Å². The standard InChI is InChI=1S/C22H20N6O4S2/c1-34(31,32)26-18-8-4-7-17(11-18)25-20(29)19-13-24-21(33-19)28-10-9-27(22(28)30)14-16-6-3-2-5-15(16)12-23/h2-8,11,13,26H,9-10,14H2,1H3,(H,25,29). The minimum atomic E-state index is -3.44. The predicted molar refractivity (Wildman–Crippen MR) is 129 cm³/mol. The molecule has 0 saturated carbocycles. The molecule has 174 valence electrons. The van der Waals surface area contributed by atoms with E-state index in [0.29, 0.717) is 46.6 Å². The number of amides is 3. The molecule has 34 heavy (non-hydrogen) atoms. The average Bonchev–Trinajstić information content (AvgIpc) is 3.40. The zero-order chi connectivity index (χ0) is 24.3. The highest BCUT2D eigenvalue weighted by Gasteiger charge is 2.32. The molecule has 0 aliphatic carbocycles. The van der Waals surface area contributed by atoms with Gasteiger partial charge in [-0.05, 0) is 29.8 Å². The number of anilines is 3. The van der Waals surface area contributed by atoms with Crippen molar-refractivity contribution < 1.29 is 18.0 Å². The van der Waals surface area contributed by atoms with E-state index in [2.05, 4.69) is 21.1 Å². The summed E-state index contributed by atoms with van der Waals surface area (Å²) in [5, 5.41) is 12.4. The van der Waals surface area contributed by atoms with Crippen LogP contribution in [0, 0.1) is 11.3 Å². The predicted octanol–water partition coefficient (Wildman–Crippen LogP) is 3.08. The third kappa shape index (κ3) is 5.33. The van der Waals surface area contributed by atoms with E-state index in [1.807, 2.05) is 12.1 Å². The summed E-state index contributed by atoms with van der Waals surface area (Å²) in [5.41, 5.74) is 2.03. The Morgan fingerprint density at radius 2 is 1.94 bits per heavy atom. The van der Waals surface area contributed by atoms with Crippen LogP contribution in [0.2, 0.25) is 0 Å². The lowest BCUT2D eigenvalue weighted by Crippen LogP contribution is -2.31. The van der Waals surface area contributed by atoms with Gasteiger partial charge in [-0.1, -0.05) is 35.6 Å². The van der Waals surface area contributed by atoms with Gasteiger partial charge < -0.3 is 10.2 Å². The second-order valence-corrected chi connectivity index (χ2v) is 10.3. The lowest BCUT2D eigenvalue weighted by atomic mass is 10.1. The second kappa shape index (κ2) is 9.50. The first-order valence-electron chi connectivity index (χ1n) is 10.1. The first kappa shape index (κ1) is 23.2. The molecule has 0 unspecified atom stereocenters. The fourth-order valence-electron chi connectivity index (χ4n) is 3.44. The molecule has 2 N–H and O–H groups in total. The van der Waals surface area contributed by atoms with Crippen molar-refractivity contribution >= 4 is 49.8 Å². The number of nitrogens with one attached hydrogen (secondary N) is 2. The van der Waals surface area contributed by atoms with Crippen LogP contribution in [0.4, 0.5) is 21.3 Å². The molecule has 4 rings (SSSR count).